The van der Waals surface area contributed by atoms with E-state index in [1.54, 1.807) is 36.4 Å². The Kier molecular flexibility index (Phi) is 8.58. The third-order valence-electron chi connectivity index (χ3n) is 5.34. The Morgan fingerprint density at radius 2 is 1.91 bits per heavy atom. The molecule has 2 aromatic carbocycles. The van der Waals surface area contributed by atoms with Gasteiger partial charge in [0, 0.05) is 19.2 Å². The third kappa shape index (κ3) is 5.54. The number of methoxy groups -OCH3 is 1. The highest BCUT2D eigenvalue weighted by Crippen LogP contribution is 2.41. The van der Waals surface area contributed by atoms with Gasteiger partial charge in [-0.3, -0.25) is 9.59 Å². The van der Waals surface area contributed by atoms with Crippen LogP contribution in [-0.2, 0) is 14.3 Å². The first-order valence-electron chi connectivity index (χ1n) is 11.2. The molecule has 1 fully saturated rings. The molecule has 7 nitrogen and oxygen atoms in total. The third-order valence-corrected chi connectivity index (χ3v) is 5.65. The van der Waals surface area contributed by atoms with Crippen LogP contribution in [0, 0.1) is 5.92 Å². The fourth-order valence-corrected chi connectivity index (χ4v) is 3.93. The topological polar surface area (TPSA) is 85.3 Å². The summed E-state index contributed by atoms with van der Waals surface area (Å²) in [7, 11) is 1.52. The van der Waals surface area contributed by atoms with Crippen molar-refractivity contribution in [1.29, 1.82) is 0 Å². The normalized spacial score (nSPS) is 17.5. The van der Waals surface area contributed by atoms with Crippen LogP contribution >= 0.6 is 11.6 Å². The molecule has 0 aromatic heterocycles. The summed E-state index contributed by atoms with van der Waals surface area (Å²) in [5, 5.41) is 11.6. The lowest BCUT2D eigenvalue weighted by Crippen LogP contribution is -2.32. The zero-order valence-corrected chi connectivity index (χ0v) is 20.6. The van der Waals surface area contributed by atoms with Crippen LogP contribution in [0.4, 0.5) is 0 Å². The van der Waals surface area contributed by atoms with Crippen LogP contribution in [0.2, 0.25) is 5.02 Å². The zero-order valence-electron chi connectivity index (χ0n) is 19.8. The van der Waals surface area contributed by atoms with Gasteiger partial charge >= 0.3 is 0 Å². The second-order valence-electron chi connectivity index (χ2n) is 8.34. The lowest BCUT2D eigenvalue weighted by atomic mass is 9.95. The summed E-state index contributed by atoms with van der Waals surface area (Å²) in [5.74, 6) is -0.429. The van der Waals surface area contributed by atoms with Gasteiger partial charge in [-0.15, -0.1) is 0 Å². The maximum absolute atomic E-state index is 13.1. The number of Topliss-reactive ketones (excluding diaryl/α,β-unsaturated/α-hetero) is 1. The van der Waals surface area contributed by atoms with Gasteiger partial charge in [-0.25, -0.2) is 0 Å². The summed E-state index contributed by atoms with van der Waals surface area (Å²) < 4.78 is 16.5. The molecule has 2 aromatic rings. The van der Waals surface area contributed by atoms with E-state index in [4.69, 9.17) is 25.8 Å². The average Bonchev–Trinajstić information content (AvgIpc) is 3.07. The van der Waals surface area contributed by atoms with E-state index in [0.29, 0.717) is 46.8 Å². The number of hydrogen-bond donors (Lipinski definition) is 1. The molecule has 1 amide bonds. The molecule has 1 aliphatic rings. The Morgan fingerprint density at radius 1 is 1.15 bits per heavy atom. The van der Waals surface area contributed by atoms with Gasteiger partial charge < -0.3 is 24.2 Å². The molecule has 0 saturated carbocycles. The van der Waals surface area contributed by atoms with Crippen LogP contribution in [0.15, 0.2) is 48.0 Å². The minimum atomic E-state index is -0.802. The van der Waals surface area contributed by atoms with E-state index in [1.165, 1.54) is 12.0 Å². The van der Waals surface area contributed by atoms with Gasteiger partial charge in [-0.1, -0.05) is 37.6 Å². The molecule has 0 aliphatic carbocycles. The number of likely N-dealkylation sites (tertiary alicyclic amines) is 1. The Bertz CT molecular complexity index is 1080. The predicted octanol–water partition coefficient (Wildman–Crippen LogP) is 4.84. The Balaban J connectivity index is 2.12. The molecule has 34 heavy (non-hydrogen) atoms. The van der Waals surface area contributed by atoms with Crippen molar-refractivity contribution >= 4 is 29.1 Å². The van der Waals surface area contributed by atoms with E-state index in [-0.39, 0.29) is 24.5 Å². The van der Waals surface area contributed by atoms with E-state index in [0.717, 1.165) is 0 Å². The van der Waals surface area contributed by atoms with E-state index < -0.39 is 17.7 Å². The van der Waals surface area contributed by atoms with E-state index in [9.17, 15) is 14.7 Å². The number of halogens is 1. The van der Waals surface area contributed by atoms with Crippen LogP contribution in [-0.4, -0.2) is 55.2 Å². The lowest BCUT2D eigenvalue weighted by molar-refractivity contribution is -0.140. The van der Waals surface area contributed by atoms with Crippen molar-refractivity contribution < 1.29 is 28.9 Å². The van der Waals surface area contributed by atoms with Gasteiger partial charge in [0.2, 0.25) is 0 Å². The second-order valence-corrected chi connectivity index (χ2v) is 8.75. The maximum atomic E-state index is 13.1. The van der Waals surface area contributed by atoms with E-state index >= 15 is 0 Å². The molecular weight excluding hydrogens is 458 g/mol. The first-order valence-corrected chi connectivity index (χ1v) is 11.6. The molecule has 1 heterocycles. The average molecular weight is 488 g/mol. The molecule has 0 radical (unpaired) electrons. The molecule has 0 spiro atoms. The van der Waals surface area contributed by atoms with Crippen molar-refractivity contribution in [2.24, 2.45) is 5.92 Å². The van der Waals surface area contributed by atoms with Crippen LogP contribution in [0.25, 0.3) is 5.76 Å². The van der Waals surface area contributed by atoms with Gasteiger partial charge in [0.15, 0.2) is 0 Å². The van der Waals surface area contributed by atoms with Gasteiger partial charge in [0.05, 0.1) is 36.5 Å². The van der Waals surface area contributed by atoms with E-state index in [1.807, 2.05) is 26.8 Å². The smallest absolute Gasteiger partial charge is 0.295 e. The predicted molar refractivity (Wildman–Crippen MR) is 130 cm³/mol. The summed E-state index contributed by atoms with van der Waals surface area (Å²) in [6.45, 7) is 7.25. The fraction of sp³-hybridized carbons (Fsp3) is 0.385. The van der Waals surface area contributed by atoms with E-state index in [2.05, 4.69) is 0 Å². The summed E-state index contributed by atoms with van der Waals surface area (Å²) in [6, 6.07) is 11.1. The number of nitrogens with zero attached hydrogens (tertiary/aromatic N) is 1. The van der Waals surface area contributed by atoms with Gasteiger partial charge in [0.25, 0.3) is 11.7 Å². The standard InChI is InChI=1S/C26H30ClNO6/c1-5-33-21-14-18(9-10-20(21)27)24(29)22-23(28(11-12-32-4)26(31)25(22)30)17-7-6-8-19(13-17)34-15-16(2)3/h6-10,13-14,16,23,29H,5,11-12,15H2,1-4H3/b24-22-. The summed E-state index contributed by atoms with van der Waals surface area (Å²) in [6.07, 6.45) is 0. The number of aliphatic hydroxyl groups is 1. The highest BCUT2D eigenvalue weighted by Gasteiger charge is 2.46. The zero-order chi connectivity index (χ0) is 24.8. The number of aliphatic hydroxyl groups excluding tert-OH is 1. The number of benzene rings is 2. The summed E-state index contributed by atoms with van der Waals surface area (Å²) >= 11 is 6.19. The first kappa shape index (κ1) is 25.6. The molecule has 8 heteroatoms. The number of amides is 1. The Hall–Kier alpha value is -3.03. The van der Waals surface area contributed by atoms with Gasteiger partial charge in [-0.05, 0) is 48.7 Å². The number of ketones is 1. The molecule has 3 rings (SSSR count). The van der Waals surface area contributed by atoms with Crippen LogP contribution in [0.1, 0.15) is 37.9 Å². The number of carbonyl (C=O) groups excluding carboxylic acids is 2. The minimum Gasteiger partial charge on any atom is -0.507 e. The number of hydrogen-bond acceptors (Lipinski definition) is 6. The molecule has 1 unspecified atom stereocenters. The number of rotatable bonds is 10. The van der Waals surface area contributed by atoms with Crippen molar-refractivity contribution in [1.82, 2.24) is 4.90 Å². The molecular formula is C26H30ClNO6. The van der Waals surface area contributed by atoms with Gasteiger partial charge in [-0.2, -0.15) is 0 Å². The highest BCUT2D eigenvalue weighted by molar-refractivity contribution is 6.46. The minimum absolute atomic E-state index is 0.00752. The molecule has 182 valence electrons. The van der Waals surface area contributed by atoms with Crippen LogP contribution in [0.3, 0.4) is 0 Å². The monoisotopic (exact) mass is 487 g/mol. The largest absolute Gasteiger partial charge is 0.507 e. The lowest BCUT2D eigenvalue weighted by Gasteiger charge is -2.25. The summed E-state index contributed by atoms with van der Waals surface area (Å²) in [4.78, 5) is 27.5. The van der Waals surface area contributed by atoms with Crippen molar-refractivity contribution in [3.05, 3.63) is 64.2 Å². The highest BCUT2D eigenvalue weighted by atomic mass is 35.5. The maximum Gasteiger partial charge on any atom is 0.295 e. The summed E-state index contributed by atoms with van der Waals surface area (Å²) in [5.41, 5.74) is 0.971. The Morgan fingerprint density at radius 3 is 2.59 bits per heavy atom. The second kappa shape index (κ2) is 11.4. The van der Waals surface area contributed by atoms with Crippen molar-refractivity contribution in [3.63, 3.8) is 0 Å². The molecule has 1 saturated heterocycles. The van der Waals surface area contributed by atoms with Crippen molar-refractivity contribution in [2.75, 3.05) is 33.5 Å². The van der Waals surface area contributed by atoms with Crippen LogP contribution in [0.5, 0.6) is 11.5 Å². The Labute approximate surface area is 204 Å². The quantitative estimate of drug-likeness (QED) is 0.293. The molecule has 1 aliphatic heterocycles. The molecule has 1 N–H and O–H groups in total. The fourth-order valence-electron chi connectivity index (χ4n) is 3.76. The number of ether oxygens (including phenoxy) is 3. The van der Waals surface area contributed by atoms with Crippen LogP contribution < -0.4 is 9.47 Å². The number of carbonyl (C=O) groups is 2. The molecule has 1 atom stereocenters. The first-order chi connectivity index (χ1) is 16.3. The molecule has 0 bridgehead atoms. The van der Waals surface area contributed by atoms with Crippen molar-refractivity contribution in [2.45, 2.75) is 26.8 Å². The van der Waals surface area contributed by atoms with Gasteiger partial charge in [0.1, 0.15) is 17.3 Å². The van der Waals surface area contributed by atoms with Crippen molar-refractivity contribution in [3.8, 4) is 11.5 Å². The SMILES string of the molecule is CCOc1cc(/C(O)=C2/C(=O)C(=O)N(CCOC)C2c2cccc(OCC(C)C)c2)ccc1Cl.